The van der Waals surface area contributed by atoms with Crippen molar-refractivity contribution in [3.63, 3.8) is 0 Å². The number of hydrogen-bond donors (Lipinski definition) is 1. The fraction of sp³-hybridized carbons (Fsp3) is 0.562. The van der Waals surface area contributed by atoms with Crippen LogP contribution in [-0.2, 0) is 9.53 Å². The fourth-order valence-corrected chi connectivity index (χ4v) is 3.46. The first-order valence-corrected chi connectivity index (χ1v) is 7.30. The number of ether oxygens (including phenoxy) is 1. The summed E-state index contributed by atoms with van der Waals surface area (Å²) in [6.45, 7) is 0. The second kappa shape index (κ2) is 6.90. The summed E-state index contributed by atoms with van der Waals surface area (Å²) >= 11 is 0. The smallest absolute Gasteiger partial charge is 0.339 e. The Balaban J connectivity index is 0.00000161. The summed E-state index contributed by atoms with van der Waals surface area (Å²) in [6.07, 6.45) is 2.94. The van der Waals surface area contributed by atoms with E-state index in [1.54, 1.807) is 12.1 Å². The summed E-state index contributed by atoms with van der Waals surface area (Å²) in [5, 5.41) is 10.0. The van der Waals surface area contributed by atoms with Crippen molar-refractivity contribution in [3.05, 3.63) is 35.9 Å². The molecular formula is C16H22BrNO3. The van der Waals surface area contributed by atoms with Crippen LogP contribution >= 0.6 is 17.0 Å². The van der Waals surface area contributed by atoms with Crippen molar-refractivity contribution in [1.82, 2.24) is 4.90 Å². The number of rotatable bonds is 3. The summed E-state index contributed by atoms with van der Waals surface area (Å²) in [7, 11) is 2.15. The molecule has 2 bridgehead atoms. The molecule has 2 aliphatic heterocycles. The van der Waals surface area contributed by atoms with Gasteiger partial charge in [-0.15, -0.1) is 17.0 Å². The maximum Gasteiger partial charge on any atom is 0.339 e. The molecule has 0 amide bonds. The van der Waals surface area contributed by atoms with Crippen LogP contribution in [0.25, 0.3) is 0 Å². The van der Waals surface area contributed by atoms with E-state index >= 15 is 0 Å². The van der Waals surface area contributed by atoms with Gasteiger partial charge in [0.05, 0.1) is 0 Å². The summed E-state index contributed by atoms with van der Waals surface area (Å²) in [4.78, 5) is 14.4. The van der Waals surface area contributed by atoms with Gasteiger partial charge in [0.1, 0.15) is 6.10 Å². The average Bonchev–Trinajstić information content (AvgIpc) is 2.69. The Hall–Kier alpha value is -0.910. The van der Waals surface area contributed by atoms with Crippen LogP contribution in [0, 0.1) is 0 Å². The average molecular weight is 356 g/mol. The van der Waals surface area contributed by atoms with E-state index in [0.717, 1.165) is 12.8 Å². The van der Waals surface area contributed by atoms with E-state index in [1.165, 1.54) is 12.8 Å². The van der Waals surface area contributed by atoms with Gasteiger partial charge in [-0.1, -0.05) is 30.3 Å². The van der Waals surface area contributed by atoms with Gasteiger partial charge in [-0.2, -0.15) is 0 Å². The molecule has 0 spiro atoms. The Labute approximate surface area is 135 Å². The lowest BCUT2D eigenvalue weighted by Gasteiger charge is -2.36. The van der Waals surface area contributed by atoms with Gasteiger partial charge in [0, 0.05) is 12.1 Å². The Bertz CT molecular complexity index is 468. The zero-order valence-corrected chi connectivity index (χ0v) is 13.9. The molecule has 4 nitrogen and oxygen atoms in total. The van der Waals surface area contributed by atoms with Gasteiger partial charge in [0.15, 0.2) is 6.10 Å². The maximum absolute atomic E-state index is 12.0. The molecule has 2 saturated heterocycles. The summed E-state index contributed by atoms with van der Waals surface area (Å²) < 4.78 is 5.52. The molecule has 0 radical (unpaired) electrons. The minimum Gasteiger partial charge on any atom is -0.460 e. The first kappa shape index (κ1) is 16.5. The van der Waals surface area contributed by atoms with Gasteiger partial charge in [0.2, 0.25) is 0 Å². The maximum atomic E-state index is 12.0. The van der Waals surface area contributed by atoms with E-state index in [9.17, 15) is 9.90 Å². The van der Waals surface area contributed by atoms with E-state index in [4.69, 9.17) is 4.74 Å². The molecule has 0 saturated carbocycles. The number of aliphatic hydroxyl groups excluding tert-OH is 1. The van der Waals surface area contributed by atoms with Crippen LogP contribution in [0.2, 0.25) is 0 Å². The number of piperidine rings is 1. The Morgan fingerprint density at radius 2 is 1.81 bits per heavy atom. The second-order valence-electron chi connectivity index (χ2n) is 5.89. The predicted octanol–water partition coefficient (Wildman–Crippen LogP) is 2.47. The quantitative estimate of drug-likeness (QED) is 0.846. The van der Waals surface area contributed by atoms with Crippen molar-refractivity contribution in [1.29, 1.82) is 0 Å². The predicted molar refractivity (Wildman–Crippen MR) is 85.4 cm³/mol. The van der Waals surface area contributed by atoms with Crippen molar-refractivity contribution in [2.75, 3.05) is 7.05 Å². The third-order valence-corrected chi connectivity index (χ3v) is 4.68. The lowest BCUT2D eigenvalue weighted by molar-refractivity contribution is -0.162. The second-order valence-corrected chi connectivity index (χ2v) is 5.89. The molecule has 21 heavy (non-hydrogen) atoms. The van der Waals surface area contributed by atoms with Crippen LogP contribution in [0.4, 0.5) is 0 Å². The number of halogens is 1. The molecule has 5 heteroatoms. The fourth-order valence-electron chi connectivity index (χ4n) is 3.46. The molecule has 0 aromatic heterocycles. The highest BCUT2D eigenvalue weighted by Gasteiger charge is 2.40. The Kier molecular flexibility index (Phi) is 5.41. The van der Waals surface area contributed by atoms with Crippen LogP contribution in [0.3, 0.4) is 0 Å². The number of aliphatic hydroxyl groups is 1. The molecule has 2 aliphatic rings. The largest absolute Gasteiger partial charge is 0.460 e. The number of fused-ring (bicyclic) bond motifs is 2. The van der Waals surface area contributed by atoms with E-state index < -0.39 is 12.1 Å². The molecule has 3 rings (SSSR count). The lowest BCUT2D eigenvalue weighted by atomic mass is 10.0. The highest BCUT2D eigenvalue weighted by molar-refractivity contribution is 8.93. The highest BCUT2D eigenvalue weighted by atomic mass is 79.9. The summed E-state index contributed by atoms with van der Waals surface area (Å²) in [6, 6.07) is 10.0. The summed E-state index contributed by atoms with van der Waals surface area (Å²) in [5.74, 6) is -0.523. The van der Waals surface area contributed by atoms with Crippen LogP contribution in [-0.4, -0.2) is 41.2 Å². The SMILES string of the molecule is Br.CN1[C@@H]2CC[C@@H]1CC(OC(=O)C(O)c1ccccc1)C2. The number of esters is 1. The van der Waals surface area contributed by atoms with Crippen LogP contribution in [0.1, 0.15) is 37.4 Å². The lowest BCUT2D eigenvalue weighted by Crippen LogP contribution is -2.43. The molecule has 0 aliphatic carbocycles. The van der Waals surface area contributed by atoms with E-state index in [2.05, 4.69) is 11.9 Å². The number of carbonyl (C=O) groups excluding carboxylic acids is 1. The molecular weight excluding hydrogens is 334 g/mol. The normalized spacial score (nSPS) is 29.5. The number of benzene rings is 1. The minimum atomic E-state index is -1.17. The van der Waals surface area contributed by atoms with E-state index in [0.29, 0.717) is 17.6 Å². The van der Waals surface area contributed by atoms with Crippen molar-refractivity contribution >= 4 is 23.0 Å². The molecule has 1 aromatic rings. The van der Waals surface area contributed by atoms with Crippen molar-refractivity contribution < 1.29 is 14.6 Å². The summed E-state index contributed by atoms with van der Waals surface area (Å²) in [5.41, 5.74) is 0.591. The van der Waals surface area contributed by atoms with E-state index in [1.807, 2.05) is 18.2 Å². The standard InChI is InChI=1S/C16H21NO3.BrH/c1-17-12-7-8-13(17)10-14(9-12)20-16(19)15(18)11-5-3-2-4-6-11;/h2-6,12-15,18H,7-10H2,1H3;1H/t12-,13-,15?;/m1./s1. The van der Waals surface area contributed by atoms with Crippen LogP contribution < -0.4 is 0 Å². The van der Waals surface area contributed by atoms with Gasteiger partial charge < -0.3 is 14.7 Å². The third-order valence-electron chi connectivity index (χ3n) is 4.68. The van der Waals surface area contributed by atoms with Gasteiger partial charge >= 0.3 is 5.97 Å². The van der Waals surface area contributed by atoms with Crippen LogP contribution in [0.5, 0.6) is 0 Å². The Morgan fingerprint density at radius 3 is 2.38 bits per heavy atom. The molecule has 2 fully saturated rings. The zero-order chi connectivity index (χ0) is 14.1. The van der Waals surface area contributed by atoms with Crippen molar-refractivity contribution in [2.45, 2.75) is 50.0 Å². The van der Waals surface area contributed by atoms with Gasteiger partial charge in [-0.05, 0) is 38.3 Å². The van der Waals surface area contributed by atoms with E-state index in [-0.39, 0.29) is 23.1 Å². The van der Waals surface area contributed by atoms with Gasteiger partial charge in [-0.3, -0.25) is 0 Å². The minimum absolute atomic E-state index is 0. The molecule has 116 valence electrons. The van der Waals surface area contributed by atoms with Gasteiger partial charge in [-0.25, -0.2) is 4.79 Å². The third kappa shape index (κ3) is 3.47. The Morgan fingerprint density at radius 1 is 1.24 bits per heavy atom. The highest BCUT2D eigenvalue weighted by Crippen LogP contribution is 2.35. The first-order chi connectivity index (χ1) is 9.65. The first-order valence-electron chi connectivity index (χ1n) is 7.30. The molecule has 2 heterocycles. The molecule has 1 unspecified atom stereocenters. The van der Waals surface area contributed by atoms with Crippen molar-refractivity contribution in [2.24, 2.45) is 0 Å². The van der Waals surface area contributed by atoms with Crippen molar-refractivity contribution in [3.8, 4) is 0 Å². The van der Waals surface area contributed by atoms with Crippen LogP contribution in [0.15, 0.2) is 30.3 Å². The molecule has 1 aromatic carbocycles. The molecule has 3 atom stereocenters. The number of carbonyl (C=O) groups is 1. The van der Waals surface area contributed by atoms with Gasteiger partial charge in [0.25, 0.3) is 0 Å². The molecule has 1 N–H and O–H groups in total. The zero-order valence-electron chi connectivity index (χ0n) is 12.1. The number of hydrogen-bond acceptors (Lipinski definition) is 4. The monoisotopic (exact) mass is 355 g/mol. The number of nitrogens with zero attached hydrogens (tertiary/aromatic N) is 1. The topological polar surface area (TPSA) is 49.8 Å².